The van der Waals surface area contributed by atoms with Crippen molar-refractivity contribution in [3.05, 3.63) is 29.6 Å². The van der Waals surface area contributed by atoms with Gasteiger partial charge in [0.1, 0.15) is 0 Å². The minimum atomic E-state index is -0.383. The van der Waals surface area contributed by atoms with E-state index in [1.807, 2.05) is 0 Å². The fourth-order valence-electron chi connectivity index (χ4n) is 3.03. The molecule has 134 valence electrons. The predicted molar refractivity (Wildman–Crippen MR) is 93.7 cm³/mol. The molecule has 0 saturated carbocycles. The molecule has 0 spiro atoms. The van der Waals surface area contributed by atoms with Crippen LogP contribution in [-0.4, -0.2) is 44.1 Å². The van der Waals surface area contributed by atoms with Crippen LogP contribution in [0.25, 0.3) is 0 Å². The minimum absolute atomic E-state index is 0.0264. The largest absolute Gasteiger partial charge is 0.494 e. The Morgan fingerprint density at radius 3 is 2.79 bits per heavy atom. The zero-order chi connectivity index (χ0) is 17.4. The molecule has 1 aromatic carbocycles. The van der Waals surface area contributed by atoms with Gasteiger partial charge in [-0.2, -0.15) is 0 Å². The number of rotatable bonds is 8. The summed E-state index contributed by atoms with van der Waals surface area (Å²) in [7, 11) is 1.44. The number of piperidine rings is 1. The molecular weight excluding hydrogens is 307 g/mol. The third-order valence-corrected chi connectivity index (χ3v) is 4.71. The highest BCUT2D eigenvalue weighted by atomic mass is 19.1. The molecule has 1 heterocycles. The van der Waals surface area contributed by atoms with Gasteiger partial charge >= 0.3 is 0 Å². The van der Waals surface area contributed by atoms with E-state index in [1.165, 1.54) is 39.1 Å². The standard InChI is InChI=1S/C19H29FN2O2/c1-15-8-12-22(13-9-15)11-3-10-21-19(23)7-5-16-4-6-18(24-2)17(20)14-16/h4,6,14-15H,3,5,7-13H2,1-2H3,(H,21,23). The van der Waals surface area contributed by atoms with Gasteiger partial charge in [0.05, 0.1) is 7.11 Å². The van der Waals surface area contributed by atoms with Crippen LogP contribution in [0.15, 0.2) is 18.2 Å². The molecule has 24 heavy (non-hydrogen) atoms. The number of hydrogen-bond acceptors (Lipinski definition) is 3. The first-order valence-electron chi connectivity index (χ1n) is 8.90. The van der Waals surface area contributed by atoms with E-state index in [0.717, 1.165) is 24.4 Å². The lowest BCUT2D eigenvalue weighted by atomic mass is 9.99. The highest BCUT2D eigenvalue weighted by Crippen LogP contribution is 2.18. The van der Waals surface area contributed by atoms with Crippen molar-refractivity contribution in [2.45, 2.75) is 39.0 Å². The lowest BCUT2D eigenvalue weighted by Crippen LogP contribution is -2.35. The van der Waals surface area contributed by atoms with Crippen LogP contribution in [0.1, 0.15) is 38.2 Å². The van der Waals surface area contributed by atoms with Crippen LogP contribution in [0.5, 0.6) is 5.75 Å². The molecule has 2 rings (SSSR count). The van der Waals surface area contributed by atoms with Gasteiger partial charge in [0.2, 0.25) is 5.91 Å². The zero-order valence-corrected chi connectivity index (χ0v) is 14.8. The van der Waals surface area contributed by atoms with Crippen molar-refractivity contribution in [3.63, 3.8) is 0 Å². The number of hydrogen-bond donors (Lipinski definition) is 1. The third-order valence-electron chi connectivity index (χ3n) is 4.71. The fraction of sp³-hybridized carbons (Fsp3) is 0.632. The summed E-state index contributed by atoms with van der Waals surface area (Å²) in [5, 5.41) is 2.95. The average molecular weight is 336 g/mol. The van der Waals surface area contributed by atoms with Gasteiger partial charge < -0.3 is 15.0 Å². The Morgan fingerprint density at radius 2 is 2.12 bits per heavy atom. The number of likely N-dealkylation sites (tertiary alicyclic amines) is 1. The number of carbonyl (C=O) groups is 1. The van der Waals surface area contributed by atoms with Crippen molar-refractivity contribution >= 4 is 5.91 Å². The molecule has 1 aliphatic heterocycles. The van der Waals surface area contributed by atoms with Crippen molar-refractivity contribution in [1.29, 1.82) is 0 Å². The maximum absolute atomic E-state index is 13.6. The smallest absolute Gasteiger partial charge is 0.220 e. The summed E-state index contributed by atoms with van der Waals surface area (Å²) in [5.74, 6) is 0.726. The molecule has 5 heteroatoms. The number of aryl methyl sites for hydroxylation is 1. The van der Waals surface area contributed by atoms with Crippen LogP contribution in [-0.2, 0) is 11.2 Å². The Labute approximate surface area is 144 Å². The summed E-state index contributed by atoms with van der Waals surface area (Å²) in [4.78, 5) is 14.4. The summed E-state index contributed by atoms with van der Waals surface area (Å²) in [6.07, 6.45) is 4.47. The number of carbonyl (C=O) groups excluding carboxylic acids is 1. The zero-order valence-electron chi connectivity index (χ0n) is 14.8. The number of halogens is 1. The molecule has 1 amide bonds. The van der Waals surface area contributed by atoms with E-state index >= 15 is 0 Å². The molecule has 4 nitrogen and oxygen atoms in total. The second kappa shape index (κ2) is 9.62. The summed E-state index contributed by atoms with van der Waals surface area (Å²) in [5.41, 5.74) is 0.811. The Bertz CT molecular complexity index is 528. The number of amides is 1. The lowest BCUT2D eigenvalue weighted by molar-refractivity contribution is -0.121. The van der Waals surface area contributed by atoms with Crippen molar-refractivity contribution in [2.75, 3.05) is 33.3 Å². The van der Waals surface area contributed by atoms with Gasteiger partial charge in [0.15, 0.2) is 11.6 Å². The van der Waals surface area contributed by atoms with Crippen molar-refractivity contribution < 1.29 is 13.9 Å². The van der Waals surface area contributed by atoms with Crippen LogP contribution in [0.2, 0.25) is 0 Å². The predicted octanol–water partition coefficient (Wildman–Crippen LogP) is 3.01. The molecule has 0 bridgehead atoms. The molecule has 0 aromatic heterocycles. The van der Waals surface area contributed by atoms with Crippen LogP contribution >= 0.6 is 0 Å². The van der Waals surface area contributed by atoms with E-state index < -0.39 is 0 Å². The first kappa shape index (κ1) is 18.7. The van der Waals surface area contributed by atoms with Crippen molar-refractivity contribution in [2.24, 2.45) is 5.92 Å². The Kier molecular flexibility index (Phi) is 7.50. The first-order chi connectivity index (χ1) is 11.6. The van der Waals surface area contributed by atoms with E-state index in [0.29, 0.717) is 19.4 Å². The van der Waals surface area contributed by atoms with Crippen molar-refractivity contribution in [3.8, 4) is 5.75 Å². The topological polar surface area (TPSA) is 41.6 Å². The van der Waals surface area contributed by atoms with Crippen LogP contribution in [0.3, 0.4) is 0 Å². The molecule has 1 saturated heterocycles. The van der Waals surface area contributed by atoms with Gasteiger partial charge in [-0.25, -0.2) is 4.39 Å². The first-order valence-corrected chi connectivity index (χ1v) is 8.90. The Balaban J connectivity index is 1.59. The van der Waals surface area contributed by atoms with Crippen LogP contribution in [0, 0.1) is 11.7 Å². The SMILES string of the molecule is COc1ccc(CCC(=O)NCCCN2CCC(C)CC2)cc1F. The lowest BCUT2D eigenvalue weighted by Gasteiger charge is -2.30. The molecule has 1 aromatic rings. The van der Waals surface area contributed by atoms with Gasteiger partial charge in [0.25, 0.3) is 0 Å². The molecule has 0 aliphatic carbocycles. The highest BCUT2D eigenvalue weighted by Gasteiger charge is 2.14. The third kappa shape index (κ3) is 6.11. The van der Waals surface area contributed by atoms with E-state index in [9.17, 15) is 9.18 Å². The molecule has 1 aliphatic rings. The van der Waals surface area contributed by atoms with Gasteiger partial charge in [-0.05, 0) is 68.9 Å². The van der Waals surface area contributed by atoms with E-state index in [2.05, 4.69) is 17.1 Å². The summed E-state index contributed by atoms with van der Waals surface area (Å²) in [6, 6.07) is 4.83. The van der Waals surface area contributed by atoms with E-state index in [-0.39, 0.29) is 17.5 Å². The second-order valence-corrected chi connectivity index (χ2v) is 6.70. The highest BCUT2D eigenvalue weighted by molar-refractivity contribution is 5.76. The fourth-order valence-corrected chi connectivity index (χ4v) is 3.03. The van der Waals surface area contributed by atoms with Crippen molar-refractivity contribution in [1.82, 2.24) is 10.2 Å². The number of benzene rings is 1. The normalized spacial score (nSPS) is 16.1. The average Bonchev–Trinajstić information content (AvgIpc) is 2.58. The maximum atomic E-state index is 13.6. The second-order valence-electron chi connectivity index (χ2n) is 6.70. The van der Waals surface area contributed by atoms with Crippen LogP contribution in [0.4, 0.5) is 4.39 Å². The maximum Gasteiger partial charge on any atom is 0.220 e. The molecule has 0 unspecified atom stereocenters. The summed E-state index contributed by atoms with van der Waals surface area (Å²) < 4.78 is 18.5. The van der Waals surface area contributed by atoms with E-state index in [4.69, 9.17) is 4.74 Å². The molecular formula is C19H29FN2O2. The van der Waals surface area contributed by atoms with Gasteiger partial charge in [0, 0.05) is 13.0 Å². The van der Waals surface area contributed by atoms with Crippen LogP contribution < -0.4 is 10.1 Å². The minimum Gasteiger partial charge on any atom is -0.494 e. The quantitative estimate of drug-likeness (QED) is 0.742. The van der Waals surface area contributed by atoms with Gasteiger partial charge in [-0.15, -0.1) is 0 Å². The Hall–Kier alpha value is -1.62. The number of ether oxygens (including phenoxy) is 1. The molecule has 1 N–H and O–H groups in total. The monoisotopic (exact) mass is 336 g/mol. The molecule has 0 radical (unpaired) electrons. The van der Waals surface area contributed by atoms with Gasteiger partial charge in [-0.3, -0.25) is 4.79 Å². The van der Waals surface area contributed by atoms with Gasteiger partial charge in [-0.1, -0.05) is 13.0 Å². The molecule has 0 atom stereocenters. The van der Waals surface area contributed by atoms with E-state index in [1.54, 1.807) is 12.1 Å². The summed E-state index contributed by atoms with van der Waals surface area (Å²) in [6.45, 7) is 6.43. The number of nitrogens with one attached hydrogen (secondary N) is 1. The summed E-state index contributed by atoms with van der Waals surface area (Å²) >= 11 is 0. The number of methoxy groups -OCH3 is 1. The Morgan fingerprint density at radius 1 is 1.38 bits per heavy atom. The number of nitrogens with zero attached hydrogens (tertiary/aromatic N) is 1. The molecule has 1 fully saturated rings.